The van der Waals surface area contributed by atoms with Crippen molar-refractivity contribution in [2.24, 2.45) is 0 Å². The topological polar surface area (TPSA) is 80.0 Å². The lowest BCUT2D eigenvalue weighted by Crippen LogP contribution is -2.17. The number of nitrogens with one attached hydrogen (secondary N) is 1. The van der Waals surface area contributed by atoms with Crippen LogP contribution in [0.15, 0.2) is 41.3 Å². The third-order valence-corrected chi connectivity index (χ3v) is 4.20. The minimum absolute atomic E-state index is 0.446. The molecule has 3 aromatic heterocycles. The fourth-order valence-electron chi connectivity index (χ4n) is 2.90. The lowest BCUT2D eigenvalue weighted by Gasteiger charge is -2.16. The summed E-state index contributed by atoms with van der Waals surface area (Å²) in [5, 5.41) is 7.13. The van der Waals surface area contributed by atoms with E-state index < -0.39 is 0 Å². The lowest BCUT2D eigenvalue weighted by atomic mass is 10.2. The molecule has 0 aromatic carbocycles. The standard InChI is InChI=1S/C17H18N6O/c1-18-15-11-19-7-6-13(15)17-21-16(22-24-17)14-5-4-12(10-20-14)23-8-2-3-9-23/h4-7,10-11,18H,2-3,8-9H2,1H3. The fourth-order valence-corrected chi connectivity index (χ4v) is 2.90. The van der Waals surface area contributed by atoms with Crippen LogP contribution in [0.25, 0.3) is 23.0 Å². The fraction of sp³-hybridized carbons (Fsp3) is 0.294. The van der Waals surface area contributed by atoms with E-state index in [-0.39, 0.29) is 0 Å². The van der Waals surface area contributed by atoms with Crippen LogP contribution in [0.2, 0.25) is 0 Å². The van der Waals surface area contributed by atoms with Gasteiger partial charge in [0.2, 0.25) is 5.82 Å². The minimum atomic E-state index is 0.446. The Labute approximate surface area is 139 Å². The largest absolute Gasteiger partial charge is 0.386 e. The highest BCUT2D eigenvalue weighted by Gasteiger charge is 2.16. The lowest BCUT2D eigenvalue weighted by molar-refractivity contribution is 0.432. The SMILES string of the molecule is CNc1cnccc1-c1nc(-c2ccc(N3CCCC3)cn2)no1. The van der Waals surface area contributed by atoms with Gasteiger partial charge in [-0.1, -0.05) is 5.16 Å². The Bertz CT molecular complexity index is 823. The van der Waals surface area contributed by atoms with Gasteiger partial charge in [-0.3, -0.25) is 9.97 Å². The Kier molecular flexibility index (Phi) is 3.82. The second kappa shape index (κ2) is 6.27. The molecule has 3 aromatic rings. The van der Waals surface area contributed by atoms with Crippen LogP contribution in [0.1, 0.15) is 12.8 Å². The summed E-state index contributed by atoms with van der Waals surface area (Å²) >= 11 is 0. The van der Waals surface area contributed by atoms with Crippen molar-refractivity contribution >= 4 is 11.4 Å². The number of hydrogen-bond acceptors (Lipinski definition) is 7. The summed E-state index contributed by atoms with van der Waals surface area (Å²) in [5.41, 5.74) is 3.50. The molecular weight excluding hydrogens is 304 g/mol. The van der Waals surface area contributed by atoms with Crippen LogP contribution in [0.3, 0.4) is 0 Å². The average molecular weight is 322 g/mol. The molecule has 0 saturated carbocycles. The molecule has 4 heterocycles. The summed E-state index contributed by atoms with van der Waals surface area (Å²) in [7, 11) is 1.83. The van der Waals surface area contributed by atoms with Gasteiger partial charge in [-0.25, -0.2) is 0 Å². The molecule has 4 rings (SSSR count). The summed E-state index contributed by atoms with van der Waals surface area (Å²) in [6, 6.07) is 5.84. The maximum Gasteiger partial charge on any atom is 0.260 e. The maximum absolute atomic E-state index is 5.40. The average Bonchev–Trinajstić information content (AvgIpc) is 3.34. The van der Waals surface area contributed by atoms with E-state index in [1.165, 1.54) is 12.8 Å². The number of aromatic nitrogens is 4. The van der Waals surface area contributed by atoms with E-state index >= 15 is 0 Å². The number of rotatable bonds is 4. The Morgan fingerprint density at radius 2 is 2.00 bits per heavy atom. The normalized spacial score (nSPS) is 14.1. The predicted molar refractivity (Wildman–Crippen MR) is 91.8 cm³/mol. The first-order valence-corrected chi connectivity index (χ1v) is 8.02. The Hall–Kier alpha value is -2.96. The molecule has 1 fully saturated rings. The van der Waals surface area contributed by atoms with Crippen molar-refractivity contribution in [1.29, 1.82) is 0 Å². The van der Waals surface area contributed by atoms with Crippen LogP contribution < -0.4 is 10.2 Å². The van der Waals surface area contributed by atoms with Crippen LogP contribution in [0, 0.1) is 0 Å². The molecule has 122 valence electrons. The van der Waals surface area contributed by atoms with Gasteiger partial charge in [0, 0.05) is 26.3 Å². The minimum Gasteiger partial charge on any atom is -0.386 e. The van der Waals surface area contributed by atoms with E-state index in [0.717, 1.165) is 30.0 Å². The van der Waals surface area contributed by atoms with E-state index in [1.807, 2.05) is 25.4 Å². The highest BCUT2D eigenvalue weighted by Crippen LogP contribution is 2.27. The highest BCUT2D eigenvalue weighted by atomic mass is 16.5. The van der Waals surface area contributed by atoms with Gasteiger partial charge in [-0.15, -0.1) is 0 Å². The summed E-state index contributed by atoms with van der Waals surface area (Å²) in [4.78, 5) is 15.4. The van der Waals surface area contributed by atoms with E-state index in [2.05, 4.69) is 36.4 Å². The molecule has 1 aliphatic rings. The van der Waals surface area contributed by atoms with Crippen LogP contribution in [-0.4, -0.2) is 40.2 Å². The summed E-state index contributed by atoms with van der Waals surface area (Å²) in [6.45, 7) is 2.20. The first-order valence-electron chi connectivity index (χ1n) is 8.02. The molecule has 1 aliphatic heterocycles. The first kappa shape index (κ1) is 14.6. The van der Waals surface area contributed by atoms with Crippen molar-refractivity contribution < 1.29 is 4.52 Å². The Morgan fingerprint density at radius 1 is 1.12 bits per heavy atom. The van der Waals surface area contributed by atoms with Gasteiger partial charge < -0.3 is 14.7 Å². The van der Waals surface area contributed by atoms with Gasteiger partial charge >= 0.3 is 0 Å². The van der Waals surface area contributed by atoms with Gasteiger partial charge in [0.15, 0.2) is 0 Å². The molecule has 0 spiro atoms. The van der Waals surface area contributed by atoms with E-state index in [9.17, 15) is 0 Å². The first-order chi connectivity index (χ1) is 11.8. The van der Waals surface area contributed by atoms with Crippen molar-refractivity contribution in [3.8, 4) is 23.0 Å². The zero-order chi connectivity index (χ0) is 16.4. The number of pyridine rings is 2. The molecule has 0 amide bonds. The second-order valence-electron chi connectivity index (χ2n) is 5.69. The molecule has 0 radical (unpaired) electrons. The molecule has 0 aliphatic carbocycles. The van der Waals surface area contributed by atoms with Crippen molar-refractivity contribution in [3.05, 3.63) is 36.8 Å². The molecule has 7 nitrogen and oxygen atoms in total. The number of anilines is 2. The predicted octanol–water partition coefficient (Wildman–Crippen LogP) is 2.84. The molecular formula is C17H18N6O. The quantitative estimate of drug-likeness (QED) is 0.791. The molecule has 7 heteroatoms. The number of hydrogen-bond donors (Lipinski definition) is 1. The monoisotopic (exact) mass is 322 g/mol. The van der Waals surface area contributed by atoms with Gasteiger partial charge in [0.05, 0.1) is 29.3 Å². The molecule has 0 bridgehead atoms. The van der Waals surface area contributed by atoms with Crippen LogP contribution in [-0.2, 0) is 0 Å². The van der Waals surface area contributed by atoms with Crippen LogP contribution >= 0.6 is 0 Å². The smallest absolute Gasteiger partial charge is 0.260 e. The second-order valence-corrected chi connectivity index (χ2v) is 5.69. The van der Waals surface area contributed by atoms with Crippen molar-refractivity contribution in [3.63, 3.8) is 0 Å². The van der Waals surface area contributed by atoms with Gasteiger partial charge in [-0.05, 0) is 31.0 Å². The van der Waals surface area contributed by atoms with Gasteiger partial charge in [-0.2, -0.15) is 4.98 Å². The number of nitrogens with zero attached hydrogens (tertiary/aromatic N) is 5. The molecule has 24 heavy (non-hydrogen) atoms. The van der Waals surface area contributed by atoms with Crippen LogP contribution in [0.5, 0.6) is 0 Å². The third-order valence-electron chi connectivity index (χ3n) is 4.20. The Balaban J connectivity index is 1.60. The van der Waals surface area contributed by atoms with Crippen molar-refractivity contribution in [2.45, 2.75) is 12.8 Å². The van der Waals surface area contributed by atoms with Crippen molar-refractivity contribution in [2.75, 3.05) is 30.4 Å². The van der Waals surface area contributed by atoms with Gasteiger partial charge in [0.1, 0.15) is 5.69 Å². The highest BCUT2D eigenvalue weighted by molar-refractivity contribution is 5.72. The molecule has 1 saturated heterocycles. The van der Waals surface area contributed by atoms with Gasteiger partial charge in [0.25, 0.3) is 5.89 Å². The zero-order valence-corrected chi connectivity index (χ0v) is 13.4. The molecule has 0 atom stereocenters. The zero-order valence-electron chi connectivity index (χ0n) is 13.4. The molecule has 1 N–H and O–H groups in total. The third kappa shape index (κ3) is 2.68. The summed E-state index contributed by atoms with van der Waals surface area (Å²) in [6.07, 6.45) is 7.79. The van der Waals surface area contributed by atoms with Crippen LogP contribution in [0.4, 0.5) is 11.4 Å². The summed E-state index contributed by atoms with van der Waals surface area (Å²) < 4.78 is 5.40. The maximum atomic E-state index is 5.40. The van der Waals surface area contributed by atoms with E-state index in [1.54, 1.807) is 12.4 Å². The Morgan fingerprint density at radius 3 is 2.75 bits per heavy atom. The van der Waals surface area contributed by atoms with E-state index in [0.29, 0.717) is 17.4 Å². The van der Waals surface area contributed by atoms with Crippen molar-refractivity contribution in [1.82, 2.24) is 20.1 Å². The van der Waals surface area contributed by atoms with E-state index in [4.69, 9.17) is 4.52 Å². The molecule has 0 unspecified atom stereocenters. The summed E-state index contributed by atoms with van der Waals surface area (Å²) in [5.74, 6) is 0.930.